The van der Waals surface area contributed by atoms with Crippen LogP contribution < -0.4 is 0 Å². The summed E-state index contributed by atoms with van der Waals surface area (Å²) >= 11 is 13.4. The van der Waals surface area contributed by atoms with E-state index in [1.54, 1.807) is 36.8 Å². The molecule has 0 aliphatic heterocycles. The molecule has 0 radical (unpaired) electrons. The summed E-state index contributed by atoms with van der Waals surface area (Å²) in [5.74, 6) is 0. The van der Waals surface area contributed by atoms with Crippen LogP contribution in [0.15, 0.2) is 29.9 Å². The normalized spacial score (nSPS) is 14.6. The number of rotatable bonds is 3. The lowest BCUT2D eigenvalue weighted by Crippen LogP contribution is -2.24. The standard InChI is InChI=1S/C12H11Cl2NOS/c1-12(16,5-9-6-15-7-17-9)10-3-2-8(13)4-11(10)14/h2-4,6-7,16H,5H2,1H3. The molecule has 90 valence electrons. The van der Waals surface area contributed by atoms with Crippen molar-refractivity contribution in [1.82, 2.24) is 4.98 Å². The fourth-order valence-electron chi connectivity index (χ4n) is 1.69. The number of hydrogen-bond donors (Lipinski definition) is 1. The van der Waals surface area contributed by atoms with Gasteiger partial charge in [0.2, 0.25) is 0 Å². The van der Waals surface area contributed by atoms with Crippen LogP contribution in [-0.2, 0) is 12.0 Å². The maximum atomic E-state index is 10.5. The van der Waals surface area contributed by atoms with Crippen molar-refractivity contribution in [2.45, 2.75) is 18.9 Å². The Balaban J connectivity index is 2.30. The van der Waals surface area contributed by atoms with E-state index in [-0.39, 0.29) is 0 Å². The SMILES string of the molecule is CC(O)(Cc1cncs1)c1ccc(Cl)cc1Cl. The van der Waals surface area contributed by atoms with Crippen molar-refractivity contribution in [2.24, 2.45) is 0 Å². The lowest BCUT2D eigenvalue weighted by molar-refractivity contribution is 0.0585. The van der Waals surface area contributed by atoms with E-state index in [2.05, 4.69) is 4.98 Å². The van der Waals surface area contributed by atoms with E-state index in [9.17, 15) is 5.11 Å². The summed E-state index contributed by atoms with van der Waals surface area (Å²) in [6.07, 6.45) is 2.24. The Kier molecular flexibility index (Phi) is 3.73. The van der Waals surface area contributed by atoms with Crippen LogP contribution in [0.5, 0.6) is 0 Å². The molecule has 0 amide bonds. The number of aromatic nitrogens is 1. The van der Waals surface area contributed by atoms with Gasteiger partial charge in [-0.1, -0.05) is 29.3 Å². The van der Waals surface area contributed by atoms with Crippen molar-refractivity contribution in [1.29, 1.82) is 0 Å². The summed E-state index contributed by atoms with van der Waals surface area (Å²) < 4.78 is 0. The fourth-order valence-corrected chi connectivity index (χ4v) is 3.05. The number of aliphatic hydroxyl groups is 1. The van der Waals surface area contributed by atoms with Crippen molar-refractivity contribution < 1.29 is 5.11 Å². The zero-order valence-electron chi connectivity index (χ0n) is 9.15. The van der Waals surface area contributed by atoms with Crippen LogP contribution in [0.25, 0.3) is 0 Å². The molecule has 1 atom stereocenters. The van der Waals surface area contributed by atoms with E-state index in [1.807, 2.05) is 0 Å². The van der Waals surface area contributed by atoms with Gasteiger partial charge in [0.05, 0.1) is 11.1 Å². The molecule has 1 aromatic heterocycles. The molecule has 1 aromatic carbocycles. The first kappa shape index (κ1) is 12.8. The predicted molar refractivity (Wildman–Crippen MR) is 71.9 cm³/mol. The van der Waals surface area contributed by atoms with Crippen molar-refractivity contribution in [2.75, 3.05) is 0 Å². The van der Waals surface area contributed by atoms with Crippen LogP contribution in [0.2, 0.25) is 10.0 Å². The Labute approximate surface area is 114 Å². The third-order valence-electron chi connectivity index (χ3n) is 2.51. The average molecular weight is 288 g/mol. The van der Waals surface area contributed by atoms with Gasteiger partial charge in [0.1, 0.15) is 0 Å². The second-order valence-electron chi connectivity index (χ2n) is 4.04. The first-order chi connectivity index (χ1) is 7.99. The smallest absolute Gasteiger partial charge is 0.0931 e. The maximum Gasteiger partial charge on any atom is 0.0931 e. The Hall–Kier alpha value is -0.610. The molecule has 2 aromatic rings. The number of hydrogen-bond acceptors (Lipinski definition) is 3. The highest BCUT2D eigenvalue weighted by Gasteiger charge is 2.26. The van der Waals surface area contributed by atoms with Crippen molar-refractivity contribution in [3.63, 3.8) is 0 Å². The average Bonchev–Trinajstić information content (AvgIpc) is 2.68. The van der Waals surface area contributed by atoms with Crippen LogP contribution in [0.4, 0.5) is 0 Å². The molecule has 0 aliphatic rings. The third-order valence-corrected chi connectivity index (χ3v) is 3.84. The Morgan fingerprint density at radius 3 is 2.76 bits per heavy atom. The Morgan fingerprint density at radius 1 is 1.41 bits per heavy atom. The molecule has 0 saturated heterocycles. The van der Waals surface area contributed by atoms with Gasteiger partial charge in [0.15, 0.2) is 0 Å². The predicted octanol–water partition coefficient (Wildman–Crippen LogP) is 3.90. The Morgan fingerprint density at radius 2 is 2.18 bits per heavy atom. The van der Waals surface area contributed by atoms with Crippen LogP contribution in [-0.4, -0.2) is 10.1 Å². The van der Waals surface area contributed by atoms with Gasteiger partial charge in [0.25, 0.3) is 0 Å². The van der Waals surface area contributed by atoms with Gasteiger partial charge >= 0.3 is 0 Å². The van der Waals surface area contributed by atoms with Gasteiger partial charge in [-0.15, -0.1) is 11.3 Å². The zero-order chi connectivity index (χ0) is 12.5. The molecule has 2 nitrogen and oxygen atoms in total. The lowest BCUT2D eigenvalue weighted by Gasteiger charge is -2.24. The first-order valence-corrected chi connectivity index (χ1v) is 6.68. The Bertz CT molecular complexity index is 511. The maximum absolute atomic E-state index is 10.5. The highest BCUT2D eigenvalue weighted by Crippen LogP contribution is 2.33. The number of thiazole rings is 1. The van der Waals surface area contributed by atoms with Crippen molar-refractivity contribution in [3.8, 4) is 0 Å². The van der Waals surface area contributed by atoms with Crippen LogP contribution in [0.1, 0.15) is 17.4 Å². The van der Waals surface area contributed by atoms with E-state index in [4.69, 9.17) is 23.2 Å². The molecule has 0 saturated carbocycles. The van der Waals surface area contributed by atoms with Gasteiger partial charge in [-0.3, -0.25) is 4.98 Å². The van der Waals surface area contributed by atoms with Crippen molar-refractivity contribution in [3.05, 3.63) is 50.4 Å². The van der Waals surface area contributed by atoms with E-state index < -0.39 is 5.60 Å². The molecule has 0 bridgehead atoms. The molecule has 0 aliphatic carbocycles. The summed E-state index contributed by atoms with van der Waals surface area (Å²) in [4.78, 5) is 5.00. The topological polar surface area (TPSA) is 33.1 Å². The largest absolute Gasteiger partial charge is 0.385 e. The highest BCUT2D eigenvalue weighted by atomic mass is 35.5. The fraction of sp³-hybridized carbons (Fsp3) is 0.250. The van der Waals surface area contributed by atoms with Gasteiger partial charge < -0.3 is 5.11 Å². The molecule has 0 fully saturated rings. The molecular formula is C12H11Cl2NOS. The summed E-state index contributed by atoms with van der Waals surface area (Å²) in [5.41, 5.74) is 1.40. The quantitative estimate of drug-likeness (QED) is 0.929. The van der Waals surface area contributed by atoms with Gasteiger partial charge in [-0.05, 0) is 19.1 Å². The summed E-state index contributed by atoms with van der Waals surface area (Å²) in [5, 5.41) is 11.5. The monoisotopic (exact) mass is 287 g/mol. The van der Waals surface area contributed by atoms with E-state index in [0.29, 0.717) is 22.0 Å². The molecular weight excluding hydrogens is 277 g/mol. The molecule has 1 heterocycles. The lowest BCUT2D eigenvalue weighted by atomic mass is 9.92. The van der Waals surface area contributed by atoms with Crippen molar-refractivity contribution >= 4 is 34.5 Å². The summed E-state index contributed by atoms with van der Waals surface area (Å²) in [7, 11) is 0. The minimum atomic E-state index is -1.02. The van der Waals surface area contributed by atoms with E-state index in [1.165, 1.54) is 11.3 Å². The molecule has 0 spiro atoms. The minimum Gasteiger partial charge on any atom is -0.385 e. The minimum absolute atomic E-state index is 0.479. The molecule has 1 N–H and O–H groups in total. The second kappa shape index (κ2) is 4.94. The second-order valence-corrected chi connectivity index (χ2v) is 5.86. The van der Waals surface area contributed by atoms with Gasteiger partial charge in [-0.2, -0.15) is 0 Å². The van der Waals surface area contributed by atoms with Crippen LogP contribution in [0, 0.1) is 0 Å². The molecule has 1 unspecified atom stereocenters. The number of nitrogens with zero attached hydrogens (tertiary/aromatic N) is 1. The number of halogens is 2. The van der Waals surface area contributed by atoms with Crippen LogP contribution in [0.3, 0.4) is 0 Å². The van der Waals surface area contributed by atoms with Gasteiger partial charge in [-0.25, -0.2) is 0 Å². The summed E-state index contributed by atoms with van der Waals surface area (Å²) in [6.45, 7) is 1.74. The summed E-state index contributed by atoms with van der Waals surface area (Å²) in [6, 6.07) is 5.12. The highest BCUT2D eigenvalue weighted by molar-refractivity contribution is 7.09. The molecule has 17 heavy (non-hydrogen) atoms. The molecule has 2 rings (SSSR count). The third kappa shape index (κ3) is 2.99. The zero-order valence-corrected chi connectivity index (χ0v) is 11.5. The first-order valence-electron chi connectivity index (χ1n) is 5.04. The van der Waals surface area contributed by atoms with E-state index >= 15 is 0 Å². The van der Waals surface area contributed by atoms with Gasteiger partial charge in [0, 0.05) is 33.1 Å². The number of benzene rings is 1. The van der Waals surface area contributed by atoms with Crippen LogP contribution >= 0.6 is 34.5 Å². The molecule has 5 heteroatoms. The van der Waals surface area contributed by atoms with E-state index in [0.717, 1.165) is 4.88 Å².